The van der Waals surface area contributed by atoms with Crippen molar-refractivity contribution >= 4 is 34.8 Å². The second-order valence-corrected chi connectivity index (χ2v) is 10.1. The summed E-state index contributed by atoms with van der Waals surface area (Å²) < 4.78 is 7.58. The highest BCUT2D eigenvalue weighted by atomic mass is 32.1. The normalized spacial score (nSPS) is 15.3. The standard InChI is InChI=1S/C29H34N4O3S/c1-7-32(8-2)23-14-10-20(11-15-23)18-24-27(34)33-26(21-12-16-22(17-13-21)31(5)6)25(28(35)36-9-3)19(4)30-29(33)37-24/h10-18,26H,7-9H2,1-6H3/b24-18-/t26-/m1/s1. The Morgan fingerprint density at radius 1 is 1.03 bits per heavy atom. The minimum atomic E-state index is -0.612. The number of carbonyl (C=O) groups excluding carboxylic acids is 1. The Hall–Kier alpha value is -3.65. The van der Waals surface area contributed by atoms with Gasteiger partial charge in [-0.2, -0.15) is 0 Å². The van der Waals surface area contributed by atoms with Crippen LogP contribution in [0.1, 0.15) is 44.9 Å². The van der Waals surface area contributed by atoms with Crippen molar-refractivity contribution in [3.05, 3.63) is 90.6 Å². The van der Waals surface area contributed by atoms with Gasteiger partial charge in [-0.3, -0.25) is 9.36 Å². The van der Waals surface area contributed by atoms with Crippen molar-refractivity contribution in [1.82, 2.24) is 4.57 Å². The molecule has 0 unspecified atom stereocenters. The fraction of sp³-hybridized carbons (Fsp3) is 0.345. The quantitative estimate of drug-likeness (QED) is 0.426. The molecule has 7 nitrogen and oxygen atoms in total. The number of allylic oxidation sites excluding steroid dienone is 1. The zero-order chi connectivity index (χ0) is 26.7. The number of thiazole rings is 1. The third kappa shape index (κ3) is 5.25. The molecule has 2 heterocycles. The average molecular weight is 519 g/mol. The molecule has 0 N–H and O–H groups in total. The Bertz CT molecular complexity index is 1480. The van der Waals surface area contributed by atoms with E-state index in [0.29, 0.717) is 20.6 Å². The molecule has 0 radical (unpaired) electrons. The fourth-order valence-corrected chi connectivity index (χ4v) is 5.63. The van der Waals surface area contributed by atoms with Crippen LogP contribution in [0, 0.1) is 0 Å². The lowest BCUT2D eigenvalue weighted by Crippen LogP contribution is -2.39. The van der Waals surface area contributed by atoms with E-state index in [-0.39, 0.29) is 12.2 Å². The van der Waals surface area contributed by atoms with E-state index < -0.39 is 12.0 Å². The van der Waals surface area contributed by atoms with E-state index >= 15 is 0 Å². The van der Waals surface area contributed by atoms with E-state index in [9.17, 15) is 9.59 Å². The second kappa shape index (κ2) is 11.2. The van der Waals surface area contributed by atoms with Gasteiger partial charge in [0.2, 0.25) is 0 Å². The molecule has 3 aromatic rings. The number of hydrogen-bond acceptors (Lipinski definition) is 7. The molecule has 194 valence electrons. The molecular formula is C29H34N4O3S. The molecule has 1 aromatic heterocycles. The molecule has 0 saturated carbocycles. The number of anilines is 2. The van der Waals surface area contributed by atoms with Crippen molar-refractivity contribution in [2.75, 3.05) is 43.6 Å². The smallest absolute Gasteiger partial charge is 0.338 e. The maximum atomic E-state index is 13.8. The molecule has 0 amide bonds. The summed E-state index contributed by atoms with van der Waals surface area (Å²) in [5.41, 5.74) is 4.74. The van der Waals surface area contributed by atoms with Gasteiger partial charge < -0.3 is 14.5 Å². The van der Waals surface area contributed by atoms with Crippen LogP contribution in [0.3, 0.4) is 0 Å². The van der Waals surface area contributed by atoms with Crippen molar-refractivity contribution in [1.29, 1.82) is 0 Å². The van der Waals surface area contributed by atoms with Crippen LogP contribution in [0.4, 0.5) is 11.4 Å². The van der Waals surface area contributed by atoms with Crippen LogP contribution >= 0.6 is 11.3 Å². The Balaban J connectivity index is 1.84. The van der Waals surface area contributed by atoms with Gasteiger partial charge in [0.05, 0.1) is 28.5 Å². The van der Waals surface area contributed by atoms with Crippen molar-refractivity contribution in [2.45, 2.75) is 33.7 Å². The van der Waals surface area contributed by atoms with Crippen LogP contribution < -0.4 is 24.7 Å². The average Bonchev–Trinajstić information content (AvgIpc) is 3.19. The monoisotopic (exact) mass is 518 g/mol. The molecule has 8 heteroatoms. The summed E-state index contributed by atoms with van der Waals surface area (Å²) in [6, 6.07) is 15.5. The number of rotatable bonds is 8. The number of ether oxygens (including phenoxy) is 1. The fourth-order valence-electron chi connectivity index (χ4n) is 4.58. The maximum Gasteiger partial charge on any atom is 0.338 e. The molecule has 37 heavy (non-hydrogen) atoms. The number of esters is 1. The van der Waals surface area contributed by atoms with E-state index in [0.717, 1.165) is 35.6 Å². The van der Waals surface area contributed by atoms with Crippen LogP contribution in [0.2, 0.25) is 0 Å². The first kappa shape index (κ1) is 26.4. The molecule has 0 spiro atoms. The Labute approximate surface area is 221 Å². The summed E-state index contributed by atoms with van der Waals surface area (Å²) in [6.07, 6.45) is 1.89. The topological polar surface area (TPSA) is 67.1 Å². The van der Waals surface area contributed by atoms with Gasteiger partial charge >= 0.3 is 5.97 Å². The first-order chi connectivity index (χ1) is 17.8. The summed E-state index contributed by atoms with van der Waals surface area (Å²) in [7, 11) is 3.95. The highest BCUT2D eigenvalue weighted by Crippen LogP contribution is 2.31. The van der Waals surface area contributed by atoms with Crippen LogP contribution in [-0.2, 0) is 9.53 Å². The van der Waals surface area contributed by atoms with Gasteiger partial charge in [-0.05, 0) is 69.2 Å². The zero-order valence-corrected chi connectivity index (χ0v) is 23.1. The van der Waals surface area contributed by atoms with Crippen LogP contribution in [-0.4, -0.2) is 44.3 Å². The number of aromatic nitrogens is 1. The predicted octanol–water partition coefficient (Wildman–Crippen LogP) is 3.71. The Morgan fingerprint density at radius 3 is 2.22 bits per heavy atom. The van der Waals surface area contributed by atoms with Gasteiger partial charge in [-0.15, -0.1) is 0 Å². The van der Waals surface area contributed by atoms with E-state index in [1.165, 1.54) is 11.3 Å². The predicted molar refractivity (Wildman–Crippen MR) is 151 cm³/mol. The van der Waals surface area contributed by atoms with Crippen molar-refractivity contribution in [2.24, 2.45) is 4.99 Å². The first-order valence-electron chi connectivity index (χ1n) is 12.6. The minimum Gasteiger partial charge on any atom is -0.463 e. The highest BCUT2D eigenvalue weighted by Gasteiger charge is 2.33. The minimum absolute atomic E-state index is 0.174. The van der Waals surface area contributed by atoms with Gasteiger partial charge in [-0.1, -0.05) is 35.6 Å². The summed E-state index contributed by atoms with van der Waals surface area (Å²) in [5.74, 6) is -0.452. The van der Waals surface area contributed by atoms with Gasteiger partial charge in [0.25, 0.3) is 5.56 Å². The third-order valence-electron chi connectivity index (χ3n) is 6.56. The maximum absolute atomic E-state index is 13.8. The van der Waals surface area contributed by atoms with Gasteiger partial charge in [0, 0.05) is 38.6 Å². The number of benzene rings is 2. The summed E-state index contributed by atoms with van der Waals surface area (Å²) in [4.78, 5) is 36.3. The Kier molecular flexibility index (Phi) is 7.97. The van der Waals surface area contributed by atoms with Gasteiger partial charge in [0.15, 0.2) is 4.80 Å². The lowest BCUT2D eigenvalue weighted by atomic mass is 9.95. The van der Waals surface area contributed by atoms with Gasteiger partial charge in [-0.25, -0.2) is 9.79 Å². The lowest BCUT2D eigenvalue weighted by molar-refractivity contribution is -0.139. The van der Waals surface area contributed by atoms with Crippen molar-refractivity contribution < 1.29 is 9.53 Å². The molecule has 2 aromatic carbocycles. The van der Waals surface area contributed by atoms with Crippen molar-refractivity contribution in [3.8, 4) is 0 Å². The molecule has 0 saturated heterocycles. The summed E-state index contributed by atoms with van der Waals surface area (Å²) in [6.45, 7) is 9.96. The molecule has 0 aliphatic carbocycles. The summed E-state index contributed by atoms with van der Waals surface area (Å²) in [5, 5.41) is 0. The molecule has 1 aliphatic heterocycles. The number of hydrogen-bond donors (Lipinski definition) is 0. The molecule has 1 atom stereocenters. The first-order valence-corrected chi connectivity index (χ1v) is 13.4. The lowest BCUT2D eigenvalue weighted by Gasteiger charge is -2.25. The number of nitrogens with zero attached hydrogens (tertiary/aromatic N) is 4. The van der Waals surface area contributed by atoms with Crippen LogP contribution in [0.15, 0.2) is 69.6 Å². The largest absolute Gasteiger partial charge is 0.463 e. The molecule has 0 bridgehead atoms. The second-order valence-electron chi connectivity index (χ2n) is 9.05. The molecule has 0 fully saturated rings. The van der Waals surface area contributed by atoms with E-state index in [2.05, 4.69) is 35.9 Å². The van der Waals surface area contributed by atoms with Crippen LogP contribution in [0.5, 0.6) is 0 Å². The Morgan fingerprint density at radius 2 is 1.65 bits per heavy atom. The van der Waals surface area contributed by atoms with E-state index in [1.54, 1.807) is 18.4 Å². The molecule has 1 aliphatic rings. The SMILES string of the molecule is CCOC(=O)C1=C(C)N=c2s/c(=C\c3ccc(N(CC)CC)cc3)c(=O)n2[C@@H]1c1ccc(N(C)C)cc1. The highest BCUT2D eigenvalue weighted by molar-refractivity contribution is 7.07. The van der Waals surface area contributed by atoms with Crippen LogP contribution in [0.25, 0.3) is 6.08 Å². The number of fused-ring (bicyclic) bond motifs is 1. The molecule has 4 rings (SSSR count). The third-order valence-corrected chi connectivity index (χ3v) is 7.54. The molecular weight excluding hydrogens is 484 g/mol. The van der Waals surface area contributed by atoms with E-state index in [4.69, 9.17) is 4.74 Å². The van der Waals surface area contributed by atoms with E-state index in [1.807, 2.05) is 61.5 Å². The summed E-state index contributed by atoms with van der Waals surface area (Å²) >= 11 is 1.34. The number of carbonyl (C=O) groups is 1. The zero-order valence-electron chi connectivity index (χ0n) is 22.3. The van der Waals surface area contributed by atoms with Gasteiger partial charge in [0.1, 0.15) is 0 Å². The van der Waals surface area contributed by atoms with Crippen molar-refractivity contribution in [3.63, 3.8) is 0 Å².